The van der Waals surface area contributed by atoms with Crippen LogP contribution >= 0.6 is 0 Å². The Labute approximate surface area is 200 Å². The molecule has 0 aliphatic heterocycles. The Morgan fingerprint density at radius 3 is 1.56 bits per heavy atom. The van der Waals surface area contributed by atoms with Crippen molar-refractivity contribution in [3.63, 3.8) is 0 Å². The number of carbonyl (C=O) groups is 2. The van der Waals surface area contributed by atoms with Crippen molar-refractivity contribution in [1.82, 2.24) is 9.97 Å². The second-order valence-corrected chi connectivity index (χ2v) is 6.68. The van der Waals surface area contributed by atoms with Crippen LogP contribution in [0.15, 0.2) is 36.9 Å². The van der Waals surface area contributed by atoms with Crippen molar-refractivity contribution in [3.05, 3.63) is 59.2 Å². The third-order valence-electron chi connectivity index (χ3n) is 4.30. The summed E-state index contributed by atoms with van der Waals surface area (Å²) in [5, 5.41) is 0. The number of hydrogen-bond acceptors (Lipinski definition) is 8. The molecular formula is C22H18F6N2O6. The number of halogens is 6. The molecule has 0 unspecified atom stereocenters. The summed E-state index contributed by atoms with van der Waals surface area (Å²) in [6, 6.07) is 0.818. The highest BCUT2D eigenvalue weighted by Crippen LogP contribution is 2.40. The lowest BCUT2D eigenvalue weighted by Crippen LogP contribution is -2.27. The molecule has 2 rings (SSSR count). The van der Waals surface area contributed by atoms with Crippen LogP contribution in [-0.4, -0.2) is 43.0 Å². The van der Waals surface area contributed by atoms with Gasteiger partial charge in [0.05, 0.1) is 25.3 Å². The number of hydrogen-bond donors (Lipinski definition) is 0. The van der Waals surface area contributed by atoms with Gasteiger partial charge in [0.2, 0.25) is 29.8 Å². The Morgan fingerprint density at radius 1 is 0.833 bits per heavy atom. The molecular weight excluding hydrogens is 502 g/mol. The van der Waals surface area contributed by atoms with Crippen LogP contribution in [0.3, 0.4) is 0 Å². The maximum atomic E-state index is 13.6. The molecule has 8 nitrogen and oxygen atoms in total. The van der Waals surface area contributed by atoms with Gasteiger partial charge in [0, 0.05) is 6.42 Å². The first-order chi connectivity index (χ1) is 16.9. The van der Waals surface area contributed by atoms with Crippen LogP contribution in [0, 0.1) is 0 Å². The molecule has 0 aliphatic rings. The quantitative estimate of drug-likeness (QED) is 0.175. The minimum Gasteiger partial charge on any atom is -0.480 e. The molecule has 0 saturated heterocycles. The van der Waals surface area contributed by atoms with E-state index >= 15 is 0 Å². The van der Waals surface area contributed by atoms with Crippen molar-refractivity contribution in [2.45, 2.75) is 25.1 Å². The molecule has 0 saturated carbocycles. The first kappa shape index (κ1) is 28.1. The van der Waals surface area contributed by atoms with Crippen LogP contribution in [0.1, 0.15) is 38.3 Å². The highest BCUT2D eigenvalue weighted by molar-refractivity contribution is 5.79. The molecule has 0 aliphatic carbocycles. The summed E-state index contributed by atoms with van der Waals surface area (Å²) in [6.07, 6.45) is -8.34. The summed E-state index contributed by atoms with van der Waals surface area (Å²) in [6.45, 7) is 3.41. The number of nitrogens with zero attached hydrogens (tertiary/aromatic N) is 2. The van der Waals surface area contributed by atoms with Crippen LogP contribution in [0.5, 0.6) is 23.5 Å². The lowest BCUT2D eigenvalue weighted by atomic mass is 10.2. The number of alkyl halides is 6. The standard InChI is InChI=1S/C22H18F6N2O6/c1-4-5-6-7-16(35-19-14(21(23,24)25)8-12(10-31)17(29-19)33-2)36-20-15(22(26,27)28)9-13(11-32)18(30-20)34-3/h4-6,8-11,16H,1,7H2,2-3H3/b6-5-. The average Bonchev–Trinajstić information content (AvgIpc) is 2.81. The third kappa shape index (κ3) is 6.73. The van der Waals surface area contributed by atoms with E-state index < -0.39 is 70.8 Å². The van der Waals surface area contributed by atoms with Gasteiger partial charge in [-0.15, -0.1) is 0 Å². The molecule has 2 aromatic heterocycles. The summed E-state index contributed by atoms with van der Waals surface area (Å²) < 4.78 is 102. The lowest BCUT2D eigenvalue weighted by Gasteiger charge is -2.23. The molecule has 0 amide bonds. The maximum absolute atomic E-state index is 13.6. The fraction of sp³-hybridized carbons (Fsp3) is 0.273. The van der Waals surface area contributed by atoms with E-state index in [1.54, 1.807) is 0 Å². The highest BCUT2D eigenvalue weighted by atomic mass is 19.4. The normalized spacial score (nSPS) is 11.9. The zero-order chi connectivity index (χ0) is 27.1. The van der Waals surface area contributed by atoms with E-state index in [4.69, 9.17) is 18.9 Å². The monoisotopic (exact) mass is 520 g/mol. The number of rotatable bonds is 11. The summed E-state index contributed by atoms with van der Waals surface area (Å²) >= 11 is 0. The Hall–Kier alpha value is -4.10. The zero-order valence-corrected chi connectivity index (χ0v) is 18.6. The van der Waals surface area contributed by atoms with E-state index in [9.17, 15) is 35.9 Å². The van der Waals surface area contributed by atoms with Gasteiger partial charge in [-0.2, -0.15) is 36.3 Å². The van der Waals surface area contributed by atoms with Crippen molar-refractivity contribution >= 4 is 12.6 Å². The van der Waals surface area contributed by atoms with Gasteiger partial charge >= 0.3 is 12.4 Å². The fourth-order valence-corrected chi connectivity index (χ4v) is 2.73. The van der Waals surface area contributed by atoms with Crippen molar-refractivity contribution in [2.75, 3.05) is 14.2 Å². The van der Waals surface area contributed by atoms with E-state index in [2.05, 4.69) is 16.5 Å². The number of aromatic nitrogens is 2. The molecule has 0 fully saturated rings. The number of ether oxygens (including phenoxy) is 4. The smallest absolute Gasteiger partial charge is 0.421 e. The predicted molar refractivity (Wildman–Crippen MR) is 111 cm³/mol. The highest BCUT2D eigenvalue weighted by Gasteiger charge is 2.40. The van der Waals surface area contributed by atoms with E-state index in [1.165, 1.54) is 18.2 Å². The second kappa shape index (κ2) is 11.6. The van der Waals surface area contributed by atoms with E-state index in [1.807, 2.05) is 0 Å². The van der Waals surface area contributed by atoms with E-state index in [0.717, 1.165) is 14.2 Å². The van der Waals surface area contributed by atoms with E-state index in [-0.39, 0.29) is 12.6 Å². The predicted octanol–water partition coefficient (Wildman–Crippen LogP) is 5.07. The molecule has 0 spiro atoms. The molecule has 0 N–H and O–H groups in total. The topological polar surface area (TPSA) is 96.8 Å². The van der Waals surface area contributed by atoms with Crippen molar-refractivity contribution in [3.8, 4) is 23.5 Å². The number of allylic oxidation sites excluding steroid dienone is 2. The minimum absolute atomic E-state index is 0.0754. The molecule has 2 heterocycles. The molecule has 0 bridgehead atoms. The maximum Gasteiger partial charge on any atom is 0.421 e. The van der Waals surface area contributed by atoms with Gasteiger partial charge in [0.15, 0.2) is 12.6 Å². The van der Waals surface area contributed by atoms with Gasteiger partial charge in [-0.3, -0.25) is 9.59 Å². The molecule has 2 aromatic rings. The Balaban J connectivity index is 2.64. The fourth-order valence-electron chi connectivity index (χ4n) is 2.73. The van der Waals surface area contributed by atoms with E-state index in [0.29, 0.717) is 12.1 Å². The average molecular weight is 520 g/mol. The van der Waals surface area contributed by atoms with Gasteiger partial charge in [-0.25, -0.2) is 0 Å². The van der Waals surface area contributed by atoms with Crippen LogP contribution in [0.4, 0.5) is 26.3 Å². The Morgan fingerprint density at radius 2 is 1.25 bits per heavy atom. The van der Waals surface area contributed by atoms with Crippen LogP contribution in [0.25, 0.3) is 0 Å². The first-order valence-electron chi connectivity index (χ1n) is 9.73. The molecule has 0 aromatic carbocycles. The summed E-state index contributed by atoms with van der Waals surface area (Å²) in [5.74, 6) is -3.32. The van der Waals surface area contributed by atoms with Crippen LogP contribution in [-0.2, 0) is 12.4 Å². The van der Waals surface area contributed by atoms with Crippen molar-refractivity contribution < 1.29 is 54.9 Å². The van der Waals surface area contributed by atoms with Gasteiger partial charge in [-0.05, 0) is 12.1 Å². The first-order valence-corrected chi connectivity index (χ1v) is 9.73. The number of carbonyl (C=O) groups excluding carboxylic acids is 2. The van der Waals surface area contributed by atoms with Gasteiger partial charge in [0.25, 0.3) is 0 Å². The SMILES string of the molecule is C=C/C=C\CC(Oc1nc(OC)c(C=O)cc1C(F)(F)F)Oc1nc(OC)c(C=O)cc1C(F)(F)F. The van der Waals surface area contributed by atoms with Gasteiger partial charge in [-0.1, -0.05) is 24.8 Å². The van der Waals surface area contributed by atoms with Crippen molar-refractivity contribution in [2.24, 2.45) is 0 Å². The molecule has 0 atom stereocenters. The number of aldehydes is 2. The van der Waals surface area contributed by atoms with Crippen LogP contribution < -0.4 is 18.9 Å². The Bertz CT molecular complexity index is 1070. The largest absolute Gasteiger partial charge is 0.480 e. The zero-order valence-electron chi connectivity index (χ0n) is 18.6. The number of pyridine rings is 2. The minimum atomic E-state index is -5.07. The molecule has 36 heavy (non-hydrogen) atoms. The van der Waals surface area contributed by atoms with Crippen LogP contribution in [0.2, 0.25) is 0 Å². The lowest BCUT2D eigenvalue weighted by molar-refractivity contribution is -0.142. The number of methoxy groups -OCH3 is 2. The molecule has 0 radical (unpaired) electrons. The Kier molecular flexibility index (Phi) is 9.03. The second-order valence-electron chi connectivity index (χ2n) is 6.68. The summed E-state index contributed by atoms with van der Waals surface area (Å²) in [5.41, 5.74) is -4.11. The summed E-state index contributed by atoms with van der Waals surface area (Å²) in [4.78, 5) is 29.3. The van der Waals surface area contributed by atoms with Gasteiger partial charge < -0.3 is 18.9 Å². The molecule has 194 valence electrons. The van der Waals surface area contributed by atoms with Crippen molar-refractivity contribution in [1.29, 1.82) is 0 Å². The molecule has 14 heteroatoms. The van der Waals surface area contributed by atoms with Gasteiger partial charge in [0.1, 0.15) is 11.1 Å². The third-order valence-corrected chi connectivity index (χ3v) is 4.30. The summed E-state index contributed by atoms with van der Waals surface area (Å²) in [7, 11) is 2.07.